The first-order chi connectivity index (χ1) is 19.3. The maximum absolute atomic E-state index is 13.3. The van der Waals surface area contributed by atoms with Gasteiger partial charge in [-0.2, -0.15) is 0 Å². The molecule has 5 rings (SSSR count). The van der Waals surface area contributed by atoms with Crippen LogP contribution in [0.3, 0.4) is 0 Å². The highest BCUT2D eigenvalue weighted by Crippen LogP contribution is 2.28. The maximum Gasteiger partial charge on any atom is 0.261 e. The summed E-state index contributed by atoms with van der Waals surface area (Å²) in [7, 11) is 0. The molecular formula is C31H40Cl2N6O. The Morgan fingerprint density at radius 1 is 1.10 bits per heavy atom. The zero-order valence-corrected chi connectivity index (χ0v) is 25.2. The van der Waals surface area contributed by atoms with E-state index in [9.17, 15) is 4.79 Å². The third kappa shape index (κ3) is 6.99. The molecule has 1 aliphatic carbocycles. The van der Waals surface area contributed by atoms with Crippen molar-refractivity contribution in [2.24, 2.45) is 10.9 Å². The summed E-state index contributed by atoms with van der Waals surface area (Å²) in [5.41, 5.74) is 2.44. The normalized spacial score (nSPS) is 21.5. The lowest BCUT2D eigenvalue weighted by molar-refractivity contribution is 0.251. The molecule has 2 N–H and O–H groups in total. The lowest BCUT2D eigenvalue weighted by Gasteiger charge is -2.39. The number of nitrogens with zero attached hydrogens (tertiary/aromatic N) is 4. The minimum atomic E-state index is -0.0637. The molecule has 9 heteroatoms. The van der Waals surface area contributed by atoms with Gasteiger partial charge in [0, 0.05) is 47.5 Å². The molecule has 214 valence electrons. The summed E-state index contributed by atoms with van der Waals surface area (Å²) in [5, 5.41) is 9.03. The summed E-state index contributed by atoms with van der Waals surface area (Å²) < 4.78 is 1.64. The van der Waals surface area contributed by atoms with Gasteiger partial charge >= 0.3 is 0 Å². The van der Waals surface area contributed by atoms with Crippen molar-refractivity contribution in [2.75, 3.05) is 18.4 Å². The molecule has 2 fully saturated rings. The summed E-state index contributed by atoms with van der Waals surface area (Å²) in [6.07, 6.45) is 8.68. The van der Waals surface area contributed by atoms with Crippen LogP contribution in [0.25, 0.3) is 10.9 Å². The summed E-state index contributed by atoms with van der Waals surface area (Å²) in [5.74, 6) is 1.54. The number of guanidine groups is 1. The number of aryl methyl sites for hydroxylation is 2. The van der Waals surface area contributed by atoms with Gasteiger partial charge in [-0.05, 0) is 81.8 Å². The third-order valence-electron chi connectivity index (χ3n) is 8.23. The van der Waals surface area contributed by atoms with Crippen molar-refractivity contribution >= 4 is 45.8 Å². The van der Waals surface area contributed by atoms with Crippen LogP contribution < -0.4 is 16.2 Å². The van der Waals surface area contributed by atoms with Crippen molar-refractivity contribution in [3.63, 3.8) is 0 Å². The highest BCUT2D eigenvalue weighted by Gasteiger charge is 2.26. The van der Waals surface area contributed by atoms with Crippen LogP contribution in [-0.4, -0.2) is 51.6 Å². The Morgan fingerprint density at radius 3 is 2.58 bits per heavy atom. The molecule has 3 aromatic rings. The van der Waals surface area contributed by atoms with Gasteiger partial charge in [0.05, 0.1) is 23.3 Å². The predicted molar refractivity (Wildman–Crippen MR) is 167 cm³/mol. The number of halogens is 2. The fourth-order valence-corrected chi connectivity index (χ4v) is 6.60. The number of anilines is 1. The number of hydrogen-bond acceptors (Lipinski definition) is 4. The number of hydrogen-bond donors (Lipinski definition) is 2. The average Bonchev–Trinajstić information content (AvgIpc) is 2.93. The second-order valence-electron chi connectivity index (χ2n) is 11.6. The first-order valence-electron chi connectivity index (χ1n) is 14.6. The fraction of sp³-hybridized carbons (Fsp3) is 0.516. The maximum atomic E-state index is 13.3. The Balaban J connectivity index is 1.37. The fourth-order valence-electron chi connectivity index (χ4n) is 6.10. The number of benzene rings is 2. The van der Waals surface area contributed by atoms with Crippen LogP contribution in [-0.2, 0) is 13.0 Å². The van der Waals surface area contributed by atoms with Crippen molar-refractivity contribution in [3.05, 3.63) is 68.7 Å². The summed E-state index contributed by atoms with van der Waals surface area (Å²) >= 11 is 12.3. The van der Waals surface area contributed by atoms with Crippen molar-refractivity contribution < 1.29 is 0 Å². The van der Waals surface area contributed by atoms with Gasteiger partial charge in [0.2, 0.25) is 0 Å². The predicted octanol–water partition coefficient (Wildman–Crippen LogP) is 6.36. The van der Waals surface area contributed by atoms with E-state index in [2.05, 4.69) is 41.3 Å². The molecule has 0 amide bonds. The van der Waals surface area contributed by atoms with Crippen molar-refractivity contribution in [1.82, 2.24) is 19.8 Å². The molecule has 40 heavy (non-hydrogen) atoms. The van der Waals surface area contributed by atoms with Crippen LogP contribution in [0.15, 0.2) is 52.5 Å². The van der Waals surface area contributed by atoms with Crippen LogP contribution in [0, 0.1) is 5.92 Å². The average molecular weight is 584 g/mol. The van der Waals surface area contributed by atoms with Gasteiger partial charge in [0.15, 0.2) is 5.96 Å². The van der Waals surface area contributed by atoms with Gasteiger partial charge in [-0.3, -0.25) is 9.36 Å². The largest absolute Gasteiger partial charge is 0.340 e. The zero-order chi connectivity index (χ0) is 28.2. The topological polar surface area (TPSA) is 74.5 Å². The second kappa shape index (κ2) is 12.9. The van der Waals surface area contributed by atoms with E-state index in [1.165, 1.54) is 32.1 Å². The van der Waals surface area contributed by atoms with Crippen LogP contribution in [0.4, 0.5) is 5.69 Å². The first-order valence-corrected chi connectivity index (χ1v) is 15.3. The van der Waals surface area contributed by atoms with E-state index < -0.39 is 0 Å². The van der Waals surface area contributed by atoms with E-state index in [1.54, 1.807) is 17.0 Å². The molecule has 2 heterocycles. The second-order valence-corrected chi connectivity index (χ2v) is 12.4. The first kappa shape index (κ1) is 28.9. The molecule has 0 unspecified atom stereocenters. The van der Waals surface area contributed by atoms with Crippen molar-refractivity contribution in [1.29, 1.82) is 0 Å². The van der Waals surface area contributed by atoms with E-state index >= 15 is 0 Å². The molecule has 2 aromatic carbocycles. The molecule has 0 spiro atoms. The highest BCUT2D eigenvalue weighted by atomic mass is 35.5. The molecule has 1 aromatic heterocycles. The van der Waals surface area contributed by atoms with Crippen molar-refractivity contribution in [2.45, 2.75) is 84.0 Å². The summed E-state index contributed by atoms with van der Waals surface area (Å²) in [6.45, 7) is 8.96. The number of nitrogens with one attached hydrogen (secondary N) is 2. The van der Waals surface area contributed by atoms with Gasteiger partial charge in [0.25, 0.3) is 5.56 Å². The molecule has 1 aliphatic heterocycles. The Kier molecular flexibility index (Phi) is 9.34. The number of piperazine rings is 1. The molecule has 7 nitrogen and oxygen atoms in total. The SMILES string of the molecule is C[C@@H]1CN(/C(=N/[C@@H](C)C2CCCCC2)Nc2ccc3c(=O)n(CCc4ccc(Cl)cc4Cl)cnc3c2)C[C@H](C)N1. The van der Waals surface area contributed by atoms with Gasteiger partial charge in [-0.25, -0.2) is 9.98 Å². The Hall–Kier alpha value is -2.61. The van der Waals surface area contributed by atoms with Crippen LogP contribution in [0.1, 0.15) is 58.4 Å². The third-order valence-corrected chi connectivity index (χ3v) is 8.82. The van der Waals surface area contributed by atoms with Crippen LogP contribution in [0.2, 0.25) is 10.0 Å². The minimum absolute atomic E-state index is 0.0637. The number of rotatable bonds is 6. The van der Waals surface area contributed by atoms with Gasteiger partial charge < -0.3 is 15.5 Å². The molecular weight excluding hydrogens is 543 g/mol. The van der Waals surface area contributed by atoms with Crippen LogP contribution >= 0.6 is 23.2 Å². The molecule has 1 saturated carbocycles. The van der Waals surface area contributed by atoms with Gasteiger partial charge in [0.1, 0.15) is 0 Å². The van der Waals surface area contributed by atoms with Gasteiger partial charge in [-0.1, -0.05) is 48.5 Å². The van der Waals surface area contributed by atoms with E-state index in [4.69, 9.17) is 28.2 Å². The quantitative estimate of drug-likeness (QED) is 0.261. The van der Waals surface area contributed by atoms with E-state index in [0.717, 1.165) is 30.3 Å². The van der Waals surface area contributed by atoms with Gasteiger partial charge in [-0.15, -0.1) is 0 Å². The van der Waals surface area contributed by atoms with Crippen molar-refractivity contribution in [3.8, 4) is 0 Å². The molecule has 1 saturated heterocycles. The lowest BCUT2D eigenvalue weighted by atomic mass is 9.85. The zero-order valence-electron chi connectivity index (χ0n) is 23.7. The standard InChI is InChI=1S/C31H40Cl2N6O/c1-20-17-39(18-21(2)35-20)31(36-22(3)23-7-5-4-6-8-23)37-26-11-12-27-29(16-26)34-19-38(30(27)40)14-13-24-9-10-25(32)15-28(24)33/h9-12,15-16,19-23,35H,4-8,13-14,17-18H2,1-3H3,(H,36,37)/t20-,21+,22-/m0/s1. The summed E-state index contributed by atoms with van der Waals surface area (Å²) in [4.78, 5) is 25.5. The molecule has 3 atom stereocenters. The van der Waals surface area contributed by atoms with Crippen LogP contribution in [0.5, 0.6) is 0 Å². The minimum Gasteiger partial charge on any atom is -0.340 e. The Morgan fingerprint density at radius 2 is 1.85 bits per heavy atom. The highest BCUT2D eigenvalue weighted by molar-refractivity contribution is 6.35. The monoisotopic (exact) mass is 582 g/mol. The summed E-state index contributed by atoms with van der Waals surface area (Å²) in [6, 6.07) is 12.2. The smallest absolute Gasteiger partial charge is 0.261 e. The number of fused-ring (bicyclic) bond motifs is 1. The lowest BCUT2D eigenvalue weighted by Crippen LogP contribution is -2.57. The van der Waals surface area contributed by atoms with E-state index in [-0.39, 0.29) is 11.6 Å². The molecule has 0 bridgehead atoms. The Labute approximate surface area is 247 Å². The van der Waals surface area contributed by atoms with E-state index in [1.807, 2.05) is 30.3 Å². The number of aromatic nitrogens is 2. The molecule has 0 radical (unpaired) electrons. The van der Waals surface area contributed by atoms with E-state index in [0.29, 0.717) is 51.9 Å². The Bertz CT molecular complexity index is 1410. The molecule has 2 aliphatic rings. The number of aliphatic imine (C=N–C) groups is 1.